The maximum Gasteiger partial charge on any atom is 0.273 e. The number of hydrogen-bond donors (Lipinski definition) is 0. The maximum atomic E-state index is 11.1. The Labute approximate surface area is 168 Å². The smallest absolute Gasteiger partial charge is 0.273 e. The van der Waals surface area contributed by atoms with E-state index in [0.29, 0.717) is 28.8 Å². The van der Waals surface area contributed by atoms with Gasteiger partial charge in [0.2, 0.25) is 5.89 Å². The van der Waals surface area contributed by atoms with Gasteiger partial charge in [0.15, 0.2) is 5.82 Å². The lowest BCUT2D eigenvalue weighted by molar-refractivity contribution is -0.385. The van der Waals surface area contributed by atoms with Gasteiger partial charge in [-0.1, -0.05) is 16.8 Å². The van der Waals surface area contributed by atoms with Gasteiger partial charge in [0, 0.05) is 44.9 Å². The molecule has 2 aromatic rings. The van der Waals surface area contributed by atoms with E-state index in [1.165, 1.54) is 6.07 Å². The Bertz CT molecular complexity index is 843. The van der Waals surface area contributed by atoms with Crippen LogP contribution >= 0.6 is 11.6 Å². The number of methoxy groups -OCH3 is 1. The van der Waals surface area contributed by atoms with Crippen molar-refractivity contribution in [3.63, 3.8) is 0 Å². The van der Waals surface area contributed by atoms with Gasteiger partial charge < -0.3 is 14.2 Å². The number of nitro benzene ring substituents is 1. The van der Waals surface area contributed by atoms with Crippen LogP contribution in [-0.2, 0) is 11.3 Å². The first-order valence-electron chi connectivity index (χ1n) is 9.16. The molecule has 10 heteroatoms. The zero-order valence-corrected chi connectivity index (χ0v) is 17.0. The quantitative estimate of drug-likeness (QED) is 0.529. The van der Waals surface area contributed by atoms with Gasteiger partial charge in [-0.3, -0.25) is 15.0 Å². The SMILES string of the molecule is COC(C)c1noc(CN2CCCN(c3cc(C)c([N+](=O)[O-])cc3Cl)CC2)n1. The van der Waals surface area contributed by atoms with Crippen molar-refractivity contribution in [1.82, 2.24) is 15.0 Å². The summed E-state index contributed by atoms with van der Waals surface area (Å²) in [6.07, 6.45) is 0.728. The van der Waals surface area contributed by atoms with Crippen molar-refractivity contribution in [2.24, 2.45) is 0 Å². The van der Waals surface area contributed by atoms with Crippen LogP contribution in [0, 0.1) is 17.0 Å². The third kappa shape index (κ3) is 4.60. The molecule has 0 spiro atoms. The number of aryl methyl sites for hydroxylation is 1. The highest BCUT2D eigenvalue weighted by atomic mass is 35.5. The standard InChI is InChI=1S/C18H24ClN5O4/c1-12-9-16(14(19)10-15(12)24(25)26)23-6-4-5-22(7-8-23)11-17-20-18(21-28-17)13(2)27-3/h9-10,13H,4-8,11H2,1-3H3. The van der Waals surface area contributed by atoms with Crippen molar-refractivity contribution < 1.29 is 14.2 Å². The number of nitro groups is 1. The van der Waals surface area contributed by atoms with Crippen LogP contribution in [-0.4, -0.2) is 53.3 Å². The maximum absolute atomic E-state index is 11.1. The molecule has 0 bridgehead atoms. The summed E-state index contributed by atoms with van der Waals surface area (Å²) in [6, 6.07) is 3.23. The van der Waals surface area contributed by atoms with Crippen LogP contribution in [0.3, 0.4) is 0 Å². The van der Waals surface area contributed by atoms with E-state index in [1.54, 1.807) is 20.1 Å². The van der Waals surface area contributed by atoms with E-state index in [1.807, 2.05) is 6.92 Å². The van der Waals surface area contributed by atoms with Gasteiger partial charge in [-0.2, -0.15) is 4.98 Å². The lowest BCUT2D eigenvalue weighted by Crippen LogP contribution is -2.30. The Morgan fingerprint density at radius 3 is 2.86 bits per heavy atom. The minimum Gasteiger partial charge on any atom is -0.374 e. The third-order valence-corrected chi connectivity index (χ3v) is 5.25. The predicted molar refractivity (Wildman–Crippen MR) is 105 cm³/mol. The first kappa shape index (κ1) is 20.5. The number of ether oxygens (including phenoxy) is 1. The predicted octanol–water partition coefficient (Wildman–Crippen LogP) is 3.36. The summed E-state index contributed by atoms with van der Waals surface area (Å²) in [5, 5.41) is 15.5. The fraction of sp³-hybridized carbons (Fsp3) is 0.556. The zero-order valence-electron chi connectivity index (χ0n) is 16.2. The average molecular weight is 410 g/mol. The molecular formula is C18H24ClN5O4. The number of hydrogen-bond acceptors (Lipinski definition) is 8. The monoisotopic (exact) mass is 409 g/mol. The van der Waals surface area contributed by atoms with Crippen molar-refractivity contribution in [3.05, 3.63) is 44.5 Å². The highest BCUT2D eigenvalue weighted by Crippen LogP contribution is 2.33. The summed E-state index contributed by atoms with van der Waals surface area (Å²) in [6.45, 7) is 7.44. The molecule has 28 heavy (non-hydrogen) atoms. The second-order valence-corrected chi connectivity index (χ2v) is 7.30. The van der Waals surface area contributed by atoms with E-state index >= 15 is 0 Å². The molecule has 1 aliphatic heterocycles. The Balaban J connectivity index is 1.66. The third-order valence-electron chi connectivity index (χ3n) is 4.95. The number of rotatable bonds is 6. The Morgan fingerprint density at radius 2 is 2.14 bits per heavy atom. The molecule has 1 aliphatic rings. The van der Waals surface area contributed by atoms with Crippen molar-refractivity contribution in [3.8, 4) is 0 Å². The molecule has 0 aliphatic carbocycles. The van der Waals surface area contributed by atoms with E-state index in [2.05, 4.69) is 19.9 Å². The number of halogens is 1. The lowest BCUT2D eigenvalue weighted by atomic mass is 10.1. The summed E-state index contributed by atoms with van der Waals surface area (Å²) in [5.41, 5.74) is 1.49. The second kappa shape index (κ2) is 8.85. The molecule has 1 atom stereocenters. The number of benzene rings is 1. The molecule has 0 amide bonds. The van der Waals surface area contributed by atoms with Gasteiger partial charge in [-0.25, -0.2) is 0 Å². The van der Waals surface area contributed by atoms with Crippen molar-refractivity contribution in [1.29, 1.82) is 0 Å². The van der Waals surface area contributed by atoms with E-state index < -0.39 is 4.92 Å². The molecule has 1 aromatic heterocycles. The molecule has 0 radical (unpaired) electrons. The molecule has 1 unspecified atom stereocenters. The van der Waals surface area contributed by atoms with Crippen LogP contribution in [0.5, 0.6) is 0 Å². The molecule has 1 saturated heterocycles. The molecule has 152 valence electrons. The van der Waals surface area contributed by atoms with Crippen LogP contribution in [0.2, 0.25) is 5.02 Å². The van der Waals surface area contributed by atoms with Crippen LogP contribution in [0.4, 0.5) is 11.4 Å². The van der Waals surface area contributed by atoms with Gasteiger partial charge >= 0.3 is 0 Å². The van der Waals surface area contributed by atoms with Crippen molar-refractivity contribution >= 4 is 23.0 Å². The minimum atomic E-state index is -0.405. The van der Waals surface area contributed by atoms with E-state index in [4.69, 9.17) is 20.9 Å². The van der Waals surface area contributed by atoms with E-state index in [0.717, 1.165) is 38.3 Å². The van der Waals surface area contributed by atoms with Crippen LogP contribution in [0.25, 0.3) is 0 Å². The van der Waals surface area contributed by atoms with Crippen molar-refractivity contribution in [2.75, 3.05) is 38.2 Å². The summed E-state index contributed by atoms with van der Waals surface area (Å²) in [4.78, 5) is 19.5. The molecule has 1 fully saturated rings. The molecule has 0 saturated carbocycles. The second-order valence-electron chi connectivity index (χ2n) is 6.89. The molecule has 1 aromatic carbocycles. The first-order chi connectivity index (χ1) is 13.4. The van der Waals surface area contributed by atoms with Gasteiger partial charge in [0.1, 0.15) is 6.10 Å². The Morgan fingerprint density at radius 1 is 1.36 bits per heavy atom. The fourth-order valence-electron chi connectivity index (χ4n) is 3.26. The highest BCUT2D eigenvalue weighted by Gasteiger charge is 2.22. The Hall–Kier alpha value is -2.23. The molecule has 3 rings (SSSR count). The van der Waals surface area contributed by atoms with Gasteiger partial charge in [0.25, 0.3) is 5.69 Å². The van der Waals surface area contributed by atoms with Gasteiger partial charge in [0.05, 0.1) is 22.2 Å². The zero-order chi connectivity index (χ0) is 20.3. The van der Waals surface area contributed by atoms with Crippen LogP contribution in [0.1, 0.15) is 36.7 Å². The lowest BCUT2D eigenvalue weighted by Gasteiger charge is -2.24. The van der Waals surface area contributed by atoms with Crippen LogP contribution in [0.15, 0.2) is 16.7 Å². The van der Waals surface area contributed by atoms with Crippen molar-refractivity contribution in [2.45, 2.75) is 32.9 Å². The van der Waals surface area contributed by atoms with Gasteiger partial charge in [-0.15, -0.1) is 0 Å². The van der Waals surface area contributed by atoms with E-state index in [-0.39, 0.29) is 11.8 Å². The van der Waals surface area contributed by atoms with E-state index in [9.17, 15) is 10.1 Å². The topological polar surface area (TPSA) is 97.8 Å². The summed E-state index contributed by atoms with van der Waals surface area (Å²) in [7, 11) is 1.61. The largest absolute Gasteiger partial charge is 0.374 e. The molecular weight excluding hydrogens is 386 g/mol. The summed E-state index contributed by atoms with van der Waals surface area (Å²) in [5.74, 6) is 1.11. The average Bonchev–Trinajstić information content (AvgIpc) is 3.01. The Kier molecular flexibility index (Phi) is 6.48. The first-order valence-corrected chi connectivity index (χ1v) is 9.54. The number of anilines is 1. The highest BCUT2D eigenvalue weighted by molar-refractivity contribution is 6.33. The minimum absolute atomic E-state index is 0.0442. The van der Waals surface area contributed by atoms with Crippen LogP contribution < -0.4 is 4.90 Å². The molecule has 9 nitrogen and oxygen atoms in total. The number of aromatic nitrogens is 2. The molecule has 0 N–H and O–H groups in total. The number of nitrogens with zero attached hydrogens (tertiary/aromatic N) is 5. The summed E-state index contributed by atoms with van der Waals surface area (Å²) < 4.78 is 10.5. The normalized spacial score (nSPS) is 16.8. The summed E-state index contributed by atoms with van der Waals surface area (Å²) >= 11 is 6.34. The molecule has 2 heterocycles. The fourth-order valence-corrected chi connectivity index (χ4v) is 3.54. The van der Waals surface area contributed by atoms with Gasteiger partial charge in [-0.05, 0) is 26.3 Å².